The average molecular weight is 526 g/mol. The molecule has 7 nitrogen and oxygen atoms in total. The Bertz CT molecular complexity index is 808. The first-order valence-electron chi connectivity index (χ1n) is 10.6. The second-order valence-electron chi connectivity index (χ2n) is 7.35. The Hall–Kier alpha value is -1.81. The van der Waals surface area contributed by atoms with Crippen LogP contribution in [0.5, 0.6) is 0 Å². The fourth-order valence-corrected chi connectivity index (χ4v) is 3.72. The number of halogens is 1. The van der Waals surface area contributed by atoms with E-state index in [1.54, 1.807) is 0 Å². The number of nitrogens with zero attached hydrogens (tertiary/aromatic N) is 5. The number of hydrogen-bond donors (Lipinski definition) is 1. The van der Waals surface area contributed by atoms with Crippen molar-refractivity contribution in [3.63, 3.8) is 0 Å². The van der Waals surface area contributed by atoms with E-state index >= 15 is 0 Å². The van der Waals surface area contributed by atoms with Crippen LogP contribution in [0, 0.1) is 6.92 Å². The molecule has 2 aromatic rings. The zero-order valence-electron chi connectivity index (χ0n) is 18.5. The summed E-state index contributed by atoms with van der Waals surface area (Å²) in [7, 11) is 1.93. The largest absolute Gasteiger partial charge is 0.370 e. The number of benzene rings is 1. The van der Waals surface area contributed by atoms with Gasteiger partial charge in [-0.2, -0.15) is 5.10 Å². The fourth-order valence-electron chi connectivity index (χ4n) is 3.72. The van der Waals surface area contributed by atoms with Crippen LogP contribution in [0.25, 0.3) is 0 Å². The molecular weight excluding hydrogens is 491 g/mol. The van der Waals surface area contributed by atoms with Crippen LogP contribution in [-0.2, 0) is 11.8 Å². The standard InChI is InChI=1S/C22H34N6O.HI/c1-5-23-22(24-11-12-27(6-2)20-10-8-7-9-18(20)3)28-13-14-29-21(17-28)19-15-25-26(4)16-19;/h7-10,15-16,21H,5-6,11-14,17H2,1-4H3,(H,23,24);1H. The number of anilines is 1. The van der Waals surface area contributed by atoms with Crippen LogP contribution in [-0.4, -0.2) is 66.5 Å². The van der Waals surface area contributed by atoms with Crippen LogP contribution in [0.2, 0.25) is 0 Å². The Kier molecular flexibility index (Phi) is 9.90. The van der Waals surface area contributed by atoms with Crippen molar-refractivity contribution in [3.8, 4) is 0 Å². The molecule has 8 heteroatoms. The summed E-state index contributed by atoms with van der Waals surface area (Å²) in [5.41, 5.74) is 3.71. The molecule has 1 aromatic carbocycles. The van der Waals surface area contributed by atoms with Gasteiger partial charge in [0.15, 0.2) is 5.96 Å². The summed E-state index contributed by atoms with van der Waals surface area (Å²) in [6.45, 7) is 12.3. The summed E-state index contributed by atoms with van der Waals surface area (Å²) in [6, 6.07) is 8.54. The van der Waals surface area contributed by atoms with Crippen molar-refractivity contribution >= 4 is 35.6 Å². The Morgan fingerprint density at radius 1 is 1.33 bits per heavy atom. The van der Waals surface area contributed by atoms with Crippen LogP contribution in [0.3, 0.4) is 0 Å². The molecule has 0 saturated carbocycles. The molecular formula is C22H35IN6O. The lowest BCUT2D eigenvalue weighted by Gasteiger charge is -2.35. The SMILES string of the molecule is CCNC(=NCCN(CC)c1ccccc1C)N1CCOC(c2cnn(C)c2)C1.I. The molecule has 1 aliphatic heterocycles. The highest BCUT2D eigenvalue weighted by Gasteiger charge is 2.25. The average Bonchev–Trinajstić information content (AvgIpc) is 3.18. The summed E-state index contributed by atoms with van der Waals surface area (Å²) in [6.07, 6.45) is 3.94. The summed E-state index contributed by atoms with van der Waals surface area (Å²) in [5, 5.41) is 7.73. The van der Waals surface area contributed by atoms with Gasteiger partial charge in [0.1, 0.15) is 6.10 Å². The molecule has 0 bridgehead atoms. The second kappa shape index (κ2) is 12.1. The van der Waals surface area contributed by atoms with Crippen molar-refractivity contribution in [2.75, 3.05) is 50.8 Å². The van der Waals surface area contributed by atoms with Gasteiger partial charge in [-0.3, -0.25) is 9.67 Å². The maximum Gasteiger partial charge on any atom is 0.194 e. The minimum absolute atomic E-state index is 0. The zero-order valence-corrected chi connectivity index (χ0v) is 20.9. The third-order valence-corrected chi connectivity index (χ3v) is 5.27. The smallest absolute Gasteiger partial charge is 0.194 e. The first kappa shape index (κ1) is 24.5. The molecule has 0 amide bonds. The van der Waals surface area contributed by atoms with Crippen LogP contribution in [0.4, 0.5) is 5.69 Å². The topological polar surface area (TPSA) is 57.9 Å². The molecule has 1 aliphatic rings. The van der Waals surface area contributed by atoms with Gasteiger partial charge in [0, 0.05) is 50.7 Å². The van der Waals surface area contributed by atoms with E-state index in [0.717, 1.165) is 50.8 Å². The lowest BCUT2D eigenvalue weighted by molar-refractivity contribution is -0.00803. The number of guanidine groups is 1. The van der Waals surface area contributed by atoms with Crippen LogP contribution in [0.15, 0.2) is 41.7 Å². The van der Waals surface area contributed by atoms with Gasteiger partial charge in [0.2, 0.25) is 0 Å². The van der Waals surface area contributed by atoms with Gasteiger partial charge in [0.05, 0.1) is 25.9 Å². The Morgan fingerprint density at radius 2 is 2.13 bits per heavy atom. The van der Waals surface area contributed by atoms with E-state index in [9.17, 15) is 0 Å². The first-order chi connectivity index (χ1) is 14.1. The number of morpholine rings is 1. The van der Waals surface area contributed by atoms with Gasteiger partial charge < -0.3 is 19.9 Å². The molecule has 1 fully saturated rings. The third kappa shape index (κ3) is 6.34. The highest BCUT2D eigenvalue weighted by atomic mass is 127. The molecule has 0 aliphatic carbocycles. The molecule has 1 atom stereocenters. The van der Waals surface area contributed by atoms with Gasteiger partial charge in [-0.1, -0.05) is 18.2 Å². The number of aryl methyl sites for hydroxylation is 2. The number of aromatic nitrogens is 2. The molecule has 30 heavy (non-hydrogen) atoms. The lowest BCUT2D eigenvalue weighted by atomic mass is 10.1. The molecule has 1 saturated heterocycles. The summed E-state index contributed by atoms with van der Waals surface area (Å²) >= 11 is 0. The quantitative estimate of drug-likeness (QED) is 0.341. The highest BCUT2D eigenvalue weighted by Crippen LogP contribution is 2.22. The van der Waals surface area contributed by atoms with Gasteiger partial charge >= 0.3 is 0 Å². The van der Waals surface area contributed by atoms with Crippen molar-refractivity contribution in [2.45, 2.75) is 26.9 Å². The van der Waals surface area contributed by atoms with Gasteiger partial charge in [0.25, 0.3) is 0 Å². The summed E-state index contributed by atoms with van der Waals surface area (Å²) in [5.74, 6) is 0.963. The number of rotatable bonds is 7. The normalized spacial score (nSPS) is 16.9. The second-order valence-corrected chi connectivity index (χ2v) is 7.35. The number of hydrogen-bond acceptors (Lipinski definition) is 4. The van der Waals surface area contributed by atoms with E-state index < -0.39 is 0 Å². The Morgan fingerprint density at radius 3 is 2.80 bits per heavy atom. The monoisotopic (exact) mass is 526 g/mol. The molecule has 166 valence electrons. The minimum atomic E-state index is 0. The molecule has 1 unspecified atom stereocenters. The van der Waals surface area contributed by atoms with Crippen molar-refractivity contribution in [1.82, 2.24) is 20.0 Å². The van der Waals surface area contributed by atoms with Crippen LogP contribution >= 0.6 is 24.0 Å². The third-order valence-electron chi connectivity index (χ3n) is 5.27. The predicted octanol–water partition coefficient (Wildman–Crippen LogP) is 3.21. The molecule has 3 rings (SSSR count). The van der Waals surface area contributed by atoms with Gasteiger partial charge in [-0.15, -0.1) is 24.0 Å². The molecule has 2 heterocycles. The molecule has 1 aromatic heterocycles. The molecule has 0 spiro atoms. The number of para-hydroxylation sites is 1. The van der Waals surface area contributed by atoms with Crippen molar-refractivity contribution < 1.29 is 4.74 Å². The van der Waals surface area contributed by atoms with Crippen LogP contribution < -0.4 is 10.2 Å². The maximum absolute atomic E-state index is 5.98. The summed E-state index contributed by atoms with van der Waals surface area (Å²) in [4.78, 5) is 9.62. The highest BCUT2D eigenvalue weighted by molar-refractivity contribution is 14.0. The molecule has 0 radical (unpaired) electrons. The fraction of sp³-hybridized carbons (Fsp3) is 0.545. The van der Waals surface area contributed by atoms with Gasteiger partial charge in [-0.05, 0) is 32.4 Å². The van der Waals surface area contributed by atoms with E-state index in [1.807, 2.05) is 24.1 Å². The summed E-state index contributed by atoms with van der Waals surface area (Å²) < 4.78 is 7.80. The van der Waals surface area contributed by atoms with E-state index in [4.69, 9.17) is 9.73 Å². The number of ether oxygens (including phenoxy) is 1. The first-order valence-corrected chi connectivity index (χ1v) is 10.6. The van der Waals surface area contributed by atoms with Crippen molar-refractivity contribution in [2.24, 2.45) is 12.0 Å². The van der Waals surface area contributed by atoms with Crippen LogP contribution in [0.1, 0.15) is 31.1 Å². The lowest BCUT2D eigenvalue weighted by Crippen LogP contribution is -2.48. The number of nitrogens with one attached hydrogen (secondary N) is 1. The van der Waals surface area contributed by atoms with E-state index in [-0.39, 0.29) is 30.1 Å². The van der Waals surface area contributed by atoms with E-state index in [1.165, 1.54) is 11.3 Å². The molecule has 1 N–H and O–H groups in total. The Balaban J connectivity index is 0.00000320. The van der Waals surface area contributed by atoms with Crippen molar-refractivity contribution in [1.29, 1.82) is 0 Å². The van der Waals surface area contributed by atoms with Gasteiger partial charge in [-0.25, -0.2) is 0 Å². The van der Waals surface area contributed by atoms with Crippen molar-refractivity contribution in [3.05, 3.63) is 47.8 Å². The zero-order chi connectivity index (χ0) is 20.6. The maximum atomic E-state index is 5.98. The number of likely N-dealkylation sites (N-methyl/N-ethyl adjacent to an activating group) is 1. The van der Waals surface area contributed by atoms with E-state index in [0.29, 0.717) is 6.61 Å². The number of aliphatic imine (C=N–C) groups is 1. The van der Waals surface area contributed by atoms with E-state index in [2.05, 4.69) is 65.3 Å². The minimum Gasteiger partial charge on any atom is -0.370 e. The Labute approximate surface area is 197 Å². The predicted molar refractivity (Wildman–Crippen MR) is 134 cm³/mol.